The maximum atomic E-state index is 12.8. The van der Waals surface area contributed by atoms with Crippen molar-refractivity contribution in [3.63, 3.8) is 0 Å². The first-order chi connectivity index (χ1) is 8.83. The lowest BCUT2D eigenvalue weighted by molar-refractivity contribution is 0.627. The van der Waals surface area contributed by atoms with Gasteiger partial charge in [0.15, 0.2) is 5.82 Å². The fourth-order valence-corrected chi connectivity index (χ4v) is 1.78. The molecule has 0 radical (unpaired) electrons. The monoisotopic (exact) mass is 242 g/mol. The lowest BCUT2D eigenvalue weighted by atomic mass is 10.2. The molecule has 18 heavy (non-hydrogen) atoms. The van der Waals surface area contributed by atoms with Crippen molar-refractivity contribution in [2.45, 2.75) is 6.54 Å². The van der Waals surface area contributed by atoms with E-state index in [-0.39, 0.29) is 5.82 Å². The molecule has 0 atom stereocenters. The van der Waals surface area contributed by atoms with E-state index in [1.807, 2.05) is 6.07 Å². The maximum absolute atomic E-state index is 12.8. The molecule has 0 fully saturated rings. The number of hydrogen-bond acceptors (Lipinski definition) is 3. The predicted octanol–water partition coefficient (Wildman–Crippen LogP) is 2.48. The molecule has 0 unspecified atom stereocenters. The molecule has 0 aliphatic rings. The first-order valence-electron chi connectivity index (χ1n) is 5.59. The lowest BCUT2D eigenvalue weighted by Crippen LogP contribution is -2.03. The van der Waals surface area contributed by atoms with Gasteiger partial charge in [-0.15, -0.1) is 0 Å². The minimum atomic E-state index is -0.227. The zero-order valence-electron chi connectivity index (χ0n) is 9.55. The Balaban J connectivity index is 1.80. The van der Waals surface area contributed by atoms with Crippen LogP contribution in [-0.4, -0.2) is 14.6 Å². The Morgan fingerprint density at radius 1 is 1.11 bits per heavy atom. The third-order valence-corrected chi connectivity index (χ3v) is 2.70. The van der Waals surface area contributed by atoms with E-state index in [2.05, 4.69) is 15.4 Å². The van der Waals surface area contributed by atoms with Crippen LogP contribution in [0.5, 0.6) is 0 Å². The van der Waals surface area contributed by atoms with Crippen molar-refractivity contribution >= 4 is 11.3 Å². The minimum Gasteiger partial charge on any atom is -0.364 e. The van der Waals surface area contributed by atoms with Gasteiger partial charge in [0.1, 0.15) is 11.3 Å². The molecule has 3 aromatic rings. The highest BCUT2D eigenvalue weighted by Crippen LogP contribution is 2.13. The highest BCUT2D eigenvalue weighted by Gasteiger charge is 2.02. The van der Waals surface area contributed by atoms with Crippen LogP contribution in [-0.2, 0) is 6.54 Å². The molecule has 2 aromatic heterocycles. The summed E-state index contributed by atoms with van der Waals surface area (Å²) in [4.78, 5) is 4.27. The average molecular weight is 242 g/mol. The number of hydrogen-bond donors (Lipinski definition) is 1. The van der Waals surface area contributed by atoms with E-state index in [1.54, 1.807) is 35.2 Å². The normalized spacial score (nSPS) is 10.7. The third-order valence-electron chi connectivity index (χ3n) is 2.70. The fourth-order valence-electron chi connectivity index (χ4n) is 1.78. The van der Waals surface area contributed by atoms with Crippen LogP contribution in [0, 0.1) is 5.82 Å². The summed E-state index contributed by atoms with van der Waals surface area (Å²) in [5.74, 6) is 0.536. The van der Waals surface area contributed by atoms with Gasteiger partial charge in [0.05, 0.1) is 6.20 Å². The Bertz CT molecular complexity index is 660. The van der Waals surface area contributed by atoms with Gasteiger partial charge in [-0.05, 0) is 23.8 Å². The molecule has 1 N–H and O–H groups in total. The standard InChI is InChI=1S/C13H11FN4/c14-11-3-1-10(2-4-11)9-16-13-12-5-6-17-18(12)8-7-15-13/h1-8H,9H2,(H,15,16). The second-order valence-electron chi connectivity index (χ2n) is 3.92. The summed E-state index contributed by atoms with van der Waals surface area (Å²) in [5.41, 5.74) is 1.92. The van der Waals surface area contributed by atoms with Crippen molar-refractivity contribution in [2.24, 2.45) is 0 Å². The summed E-state index contributed by atoms with van der Waals surface area (Å²) < 4.78 is 14.5. The third kappa shape index (κ3) is 2.02. The van der Waals surface area contributed by atoms with E-state index in [4.69, 9.17) is 0 Å². The van der Waals surface area contributed by atoms with Crippen molar-refractivity contribution in [3.05, 3.63) is 60.3 Å². The number of benzene rings is 1. The van der Waals surface area contributed by atoms with Crippen LogP contribution in [0.2, 0.25) is 0 Å². The molecule has 0 saturated heterocycles. The number of rotatable bonds is 3. The molecule has 0 bridgehead atoms. The zero-order chi connectivity index (χ0) is 12.4. The quantitative estimate of drug-likeness (QED) is 0.767. The van der Waals surface area contributed by atoms with Crippen molar-refractivity contribution in [3.8, 4) is 0 Å². The molecule has 0 saturated carbocycles. The van der Waals surface area contributed by atoms with Crippen molar-refractivity contribution in [1.82, 2.24) is 14.6 Å². The van der Waals surface area contributed by atoms with Gasteiger partial charge < -0.3 is 5.32 Å². The Hall–Kier alpha value is -2.43. The van der Waals surface area contributed by atoms with E-state index in [0.29, 0.717) is 6.54 Å². The van der Waals surface area contributed by atoms with Crippen LogP contribution >= 0.6 is 0 Å². The van der Waals surface area contributed by atoms with Gasteiger partial charge >= 0.3 is 0 Å². The fraction of sp³-hybridized carbons (Fsp3) is 0.0769. The summed E-state index contributed by atoms with van der Waals surface area (Å²) in [7, 11) is 0. The maximum Gasteiger partial charge on any atom is 0.152 e. The van der Waals surface area contributed by atoms with Gasteiger partial charge in [0, 0.05) is 18.9 Å². The number of aromatic nitrogens is 3. The summed E-state index contributed by atoms with van der Waals surface area (Å²) in [6.45, 7) is 0.595. The molecule has 1 aromatic carbocycles. The smallest absolute Gasteiger partial charge is 0.152 e. The molecule has 3 rings (SSSR count). The second-order valence-corrected chi connectivity index (χ2v) is 3.92. The molecule has 5 heteroatoms. The largest absolute Gasteiger partial charge is 0.364 e. The Morgan fingerprint density at radius 3 is 2.78 bits per heavy atom. The van der Waals surface area contributed by atoms with Gasteiger partial charge in [-0.2, -0.15) is 5.10 Å². The second kappa shape index (κ2) is 4.44. The van der Waals surface area contributed by atoms with E-state index >= 15 is 0 Å². The van der Waals surface area contributed by atoms with Crippen LogP contribution in [0.4, 0.5) is 10.2 Å². The van der Waals surface area contributed by atoms with Gasteiger partial charge in [0.2, 0.25) is 0 Å². The SMILES string of the molecule is Fc1ccc(CNc2nccn3nccc23)cc1. The number of halogens is 1. The van der Waals surface area contributed by atoms with E-state index in [9.17, 15) is 4.39 Å². The summed E-state index contributed by atoms with van der Waals surface area (Å²) in [6.07, 6.45) is 5.20. The molecule has 0 amide bonds. The van der Waals surface area contributed by atoms with Gasteiger partial charge in [-0.3, -0.25) is 0 Å². The van der Waals surface area contributed by atoms with Crippen LogP contribution < -0.4 is 5.32 Å². The van der Waals surface area contributed by atoms with E-state index in [0.717, 1.165) is 16.9 Å². The van der Waals surface area contributed by atoms with E-state index < -0.39 is 0 Å². The Kier molecular flexibility index (Phi) is 2.64. The van der Waals surface area contributed by atoms with Crippen molar-refractivity contribution in [1.29, 1.82) is 0 Å². The van der Waals surface area contributed by atoms with Crippen LogP contribution in [0.3, 0.4) is 0 Å². The number of anilines is 1. The molecule has 2 heterocycles. The zero-order valence-corrected chi connectivity index (χ0v) is 9.55. The number of fused-ring (bicyclic) bond motifs is 1. The molecule has 0 spiro atoms. The van der Waals surface area contributed by atoms with Crippen molar-refractivity contribution in [2.75, 3.05) is 5.32 Å². The van der Waals surface area contributed by atoms with Gasteiger partial charge in [-0.25, -0.2) is 13.9 Å². The highest BCUT2D eigenvalue weighted by atomic mass is 19.1. The Labute approximate surface area is 103 Å². The average Bonchev–Trinajstić information content (AvgIpc) is 2.87. The summed E-state index contributed by atoms with van der Waals surface area (Å²) >= 11 is 0. The molecular weight excluding hydrogens is 231 g/mol. The molecule has 90 valence electrons. The first kappa shape index (κ1) is 10.7. The van der Waals surface area contributed by atoms with E-state index in [1.165, 1.54) is 12.1 Å². The summed E-state index contributed by atoms with van der Waals surface area (Å²) in [6, 6.07) is 8.28. The number of nitrogens with zero attached hydrogens (tertiary/aromatic N) is 3. The van der Waals surface area contributed by atoms with Gasteiger partial charge in [0.25, 0.3) is 0 Å². The van der Waals surface area contributed by atoms with Crippen LogP contribution in [0.25, 0.3) is 5.52 Å². The first-order valence-corrected chi connectivity index (χ1v) is 5.59. The van der Waals surface area contributed by atoms with Crippen LogP contribution in [0.1, 0.15) is 5.56 Å². The highest BCUT2D eigenvalue weighted by molar-refractivity contribution is 5.66. The number of nitrogens with one attached hydrogen (secondary N) is 1. The van der Waals surface area contributed by atoms with Crippen molar-refractivity contribution < 1.29 is 4.39 Å². The van der Waals surface area contributed by atoms with Crippen LogP contribution in [0.15, 0.2) is 48.9 Å². The Morgan fingerprint density at radius 2 is 1.94 bits per heavy atom. The molecule has 4 nitrogen and oxygen atoms in total. The lowest BCUT2D eigenvalue weighted by Gasteiger charge is -2.06. The van der Waals surface area contributed by atoms with Gasteiger partial charge in [-0.1, -0.05) is 12.1 Å². The molecule has 0 aliphatic carbocycles. The molecule has 0 aliphatic heterocycles. The topological polar surface area (TPSA) is 42.2 Å². The predicted molar refractivity (Wildman–Crippen MR) is 66.7 cm³/mol. The minimum absolute atomic E-state index is 0.227. The molecular formula is C13H11FN4. The summed E-state index contributed by atoms with van der Waals surface area (Å²) in [5, 5.41) is 7.35.